The van der Waals surface area contributed by atoms with E-state index in [4.69, 9.17) is 5.73 Å². The van der Waals surface area contributed by atoms with Gasteiger partial charge in [-0.15, -0.1) is 0 Å². The first kappa shape index (κ1) is 14.1. The topological polar surface area (TPSA) is 55.1 Å². The van der Waals surface area contributed by atoms with Gasteiger partial charge in [0.1, 0.15) is 0 Å². The van der Waals surface area contributed by atoms with Crippen LogP contribution in [0.15, 0.2) is 30.3 Å². The Balaban J connectivity index is 2.01. The lowest BCUT2D eigenvalue weighted by atomic mass is 9.93. The second kappa shape index (κ2) is 7.29. The number of hydrogen-bond donors (Lipinski definition) is 2. The second-order valence-electron chi connectivity index (χ2n) is 5.38. The summed E-state index contributed by atoms with van der Waals surface area (Å²) < 4.78 is 0. The van der Waals surface area contributed by atoms with Gasteiger partial charge in [-0.3, -0.25) is 4.79 Å². The highest BCUT2D eigenvalue weighted by molar-refractivity contribution is 5.83. The number of carbonyl (C=O) groups is 1. The maximum atomic E-state index is 12.5. The van der Waals surface area contributed by atoms with Crippen LogP contribution in [0, 0.1) is 0 Å². The fourth-order valence-corrected chi connectivity index (χ4v) is 2.83. The molecular weight excluding hydrogens is 236 g/mol. The van der Waals surface area contributed by atoms with E-state index in [-0.39, 0.29) is 11.8 Å². The van der Waals surface area contributed by atoms with Gasteiger partial charge in [-0.05, 0) is 37.8 Å². The number of nitrogens with one attached hydrogen (secondary N) is 1. The second-order valence-corrected chi connectivity index (χ2v) is 5.38. The van der Waals surface area contributed by atoms with Crippen LogP contribution in [-0.2, 0) is 4.79 Å². The minimum absolute atomic E-state index is 0.0506. The first-order valence-electron chi connectivity index (χ1n) is 7.36. The molecule has 0 aliphatic heterocycles. The Labute approximate surface area is 115 Å². The Morgan fingerprint density at radius 1 is 1.26 bits per heavy atom. The molecule has 0 heterocycles. The average molecular weight is 260 g/mol. The maximum Gasteiger partial charge on any atom is 0.227 e. The fourth-order valence-electron chi connectivity index (χ4n) is 2.83. The third-order valence-electron chi connectivity index (χ3n) is 3.92. The average Bonchev–Trinajstić information content (AvgIpc) is 2.93. The van der Waals surface area contributed by atoms with Crippen LogP contribution in [0.4, 0.5) is 0 Å². The van der Waals surface area contributed by atoms with Crippen molar-refractivity contribution in [3.8, 4) is 0 Å². The fraction of sp³-hybridized carbons (Fsp3) is 0.562. The van der Waals surface area contributed by atoms with Crippen LogP contribution < -0.4 is 11.1 Å². The van der Waals surface area contributed by atoms with Crippen LogP contribution in [-0.4, -0.2) is 18.5 Å². The summed E-state index contributed by atoms with van der Waals surface area (Å²) >= 11 is 0. The Morgan fingerprint density at radius 3 is 2.58 bits per heavy atom. The molecule has 1 fully saturated rings. The molecule has 1 saturated carbocycles. The number of amides is 1. The van der Waals surface area contributed by atoms with Crippen LogP contribution >= 0.6 is 0 Å². The Kier molecular flexibility index (Phi) is 5.40. The largest absolute Gasteiger partial charge is 0.353 e. The van der Waals surface area contributed by atoms with Gasteiger partial charge >= 0.3 is 0 Å². The number of hydrogen-bond acceptors (Lipinski definition) is 2. The predicted molar refractivity (Wildman–Crippen MR) is 77.9 cm³/mol. The molecule has 0 spiro atoms. The number of benzene rings is 1. The molecule has 0 bridgehead atoms. The molecule has 0 radical (unpaired) electrons. The monoisotopic (exact) mass is 260 g/mol. The molecule has 0 aromatic heterocycles. The number of rotatable bonds is 6. The van der Waals surface area contributed by atoms with Crippen LogP contribution in [0.5, 0.6) is 0 Å². The van der Waals surface area contributed by atoms with Gasteiger partial charge in [-0.25, -0.2) is 0 Å². The molecule has 1 amide bonds. The summed E-state index contributed by atoms with van der Waals surface area (Å²) in [6, 6.07) is 10.4. The Hall–Kier alpha value is -1.35. The van der Waals surface area contributed by atoms with Gasteiger partial charge < -0.3 is 11.1 Å². The van der Waals surface area contributed by atoms with E-state index in [1.165, 1.54) is 12.8 Å². The normalized spacial score (nSPS) is 17.3. The summed E-state index contributed by atoms with van der Waals surface area (Å²) in [7, 11) is 0. The molecule has 1 aliphatic rings. The van der Waals surface area contributed by atoms with Gasteiger partial charge in [-0.2, -0.15) is 0 Å². The van der Waals surface area contributed by atoms with E-state index >= 15 is 0 Å². The van der Waals surface area contributed by atoms with E-state index in [0.717, 1.165) is 31.2 Å². The lowest BCUT2D eigenvalue weighted by Gasteiger charge is -2.20. The van der Waals surface area contributed by atoms with Crippen LogP contribution in [0.2, 0.25) is 0 Å². The molecule has 1 aromatic carbocycles. The van der Waals surface area contributed by atoms with Gasteiger partial charge in [0.05, 0.1) is 5.92 Å². The first-order valence-corrected chi connectivity index (χ1v) is 7.36. The highest BCUT2D eigenvalue weighted by Crippen LogP contribution is 2.23. The van der Waals surface area contributed by atoms with Gasteiger partial charge in [0.2, 0.25) is 5.91 Å². The lowest BCUT2D eigenvalue weighted by molar-refractivity contribution is -0.123. The van der Waals surface area contributed by atoms with Crippen molar-refractivity contribution in [3.63, 3.8) is 0 Å². The molecule has 1 aromatic rings. The van der Waals surface area contributed by atoms with Crippen molar-refractivity contribution in [2.45, 2.75) is 50.5 Å². The van der Waals surface area contributed by atoms with Crippen molar-refractivity contribution in [2.24, 2.45) is 5.73 Å². The third-order valence-corrected chi connectivity index (χ3v) is 3.92. The highest BCUT2D eigenvalue weighted by Gasteiger charge is 2.24. The van der Waals surface area contributed by atoms with Crippen molar-refractivity contribution >= 4 is 5.91 Å². The smallest absolute Gasteiger partial charge is 0.227 e. The van der Waals surface area contributed by atoms with Crippen molar-refractivity contribution in [3.05, 3.63) is 35.9 Å². The van der Waals surface area contributed by atoms with E-state index in [1.807, 2.05) is 30.3 Å². The summed E-state index contributed by atoms with van der Waals surface area (Å²) in [6.07, 6.45) is 6.46. The van der Waals surface area contributed by atoms with E-state index < -0.39 is 0 Å². The molecule has 3 heteroatoms. The quantitative estimate of drug-likeness (QED) is 0.826. The SMILES string of the molecule is NCCCC(C(=O)NC1CCCC1)c1ccccc1. The molecule has 2 rings (SSSR count). The standard InChI is InChI=1S/C16H24N2O/c17-12-6-11-15(13-7-2-1-3-8-13)16(19)18-14-9-4-5-10-14/h1-3,7-8,14-15H,4-6,9-12,17H2,(H,18,19). The van der Waals surface area contributed by atoms with E-state index in [1.54, 1.807) is 0 Å². The molecule has 1 unspecified atom stereocenters. The zero-order valence-electron chi connectivity index (χ0n) is 11.5. The minimum Gasteiger partial charge on any atom is -0.353 e. The van der Waals surface area contributed by atoms with Gasteiger partial charge in [0.15, 0.2) is 0 Å². The highest BCUT2D eigenvalue weighted by atomic mass is 16.1. The van der Waals surface area contributed by atoms with E-state index in [2.05, 4.69) is 5.32 Å². The molecular formula is C16H24N2O. The molecule has 0 saturated heterocycles. The maximum absolute atomic E-state index is 12.5. The first-order chi connectivity index (χ1) is 9.31. The molecule has 1 aliphatic carbocycles. The van der Waals surface area contributed by atoms with Gasteiger partial charge in [0.25, 0.3) is 0 Å². The molecule has 3 N–H and O–H groups in total. The van der Waals surface area contributed by atoms with E-state index in [0.29, 0.717) is 12.6 Å². The van der Waals surface area contributed by atoms with Gasteiger partial charge in [-0.1, -0.05) is 43.2 Å². The van der Waals surface area contributed by atoms with Gasteiger partial charge in [0, 0.05) is 6.04 Å². The molecule has 104 valence electrons. The zero-order chi connectivity index (χ0) is 13.5. The summed E-state index contributed by atoms with van der Waals surface area (Å²) in [6.45, 7) is 0.639. The van der Waals surface area contributed by atoms with Crippen molar-refractivity contribution in [1.29, 1.82) is 0 Å². The zero-order valence-corrected chi connectivity index (χ0v) is 11.5. The summed E-state index contributed by atoms with van der Waals surface area (Å²) in [4.78, 5) is 12.5. The van der Waals surface area contributed by atoms with E-state index in [9.17, 15) is 4.79 Å². The number of carbonyl (C=O) groups excluding carboxylic acids is 1. The third kappa shape index (κ3) is 4.06. The summed E-state index contributed by atoms with van der Waals surface area (Å²) in [5, 5.41) is 3.21. The Bertz CT molecular complexity index is 385. The number of nitrogens with two attached hydrogens (primary N) is 1. The minimum atomic E-state index is -0.0506. The predicted octanol–water partition coefficient (Wildman–Crippen LogP) is 2.57. The van der Waals surface area contributed by atoms with Crippen molar-refractivity contribution in [2.75, 3.05) is 6.54 Å². The molecule has 1 atom stereocenters. The summed E-state index contributed by atoms with van der Waals surface area (Å²) in [5.74, 6) is 0.122. The van der Waals surface area contributed by atoms with Crippen LogP contribution in [0.3, 0.4) is 0 Å². The van der Waals surface area contributed by atoms with Crippen molar-refractivity contribution < 1.29 is 4.79 Å². The molecule has 19 heavy (non-hydrogen) atoms. The summed E-state index contributed by atoms with van der Waals surface area (Å²) in [5.41, 5.74) is 6.69. The molecule has 3 nitrogen and oxygen atoms in total. The van der Waals surface area contributed by atoms with Crippen LogP contribution in [0.1, 0.15) is 50.0 Å². The van der Waals surface area contributed by atoms with Crippen LogP contribution in [0.25, 0.3) is 0 Å². The Morgan fingerprint density at radius 2 is 1.95 bits per heavy atom. The van der Waals surface area contributed by atoms with Crippen molar-refractivity contribution in [1.82, 2.24) is 5.32 Å². The lowest BCUT2D eigenvalue weighted by Crippen LogP contribution is -2.36.